The molecule has 0 unspecified atom stereocenters. The Labute approximate surface area is 217 Å². The van der Waals surface area contributed by atoms with Gasteiger partial charge in [-0.05, 0) is 70.5 Å². The number of carbonyl (C=O) groups excluding carboxylic acids is 1. The first-order chi connectivity index (χ1) is 17.7. The molecule has 1 N–H and O–H groups in total. The number of nitriles is 1. The van der Waals surface area contributed by atoms with Gasteiger partial charge in [0.2, 0.25) is 0 Å². The second kappa shape index (κ2) is 10.9. The summed E-state index contributed by atoms with van der Waals surface area (Å²) in [5, 5.41) is 21.3. The summed E-state index contributed by atoms with van der Waals surface area (Å²) in [4.78, 5) is 19.5. The number of morpholine rings is 1. The van der Waals surface area contributed by atoms with E-state index >= 15 is 0 Å². The number of anilines is 2. The molecule has 1 fully saturated rings. The molecule has 9 nitrogen and oxygen atoms in total. The van der Waals surface area contributed by atoms with Gasteiger partial charge in [-0.2, -0.15) is 5.26 Å². The van der Waals surface area contributed by atoms with Crippen molar-refractivity contribution in [1.82, 2.24) is 15.2 Å². The number of nitrogens with zero attached hydrogens (tertiary/aromatic N) is 5. The van der Waals surface area contributed by atoms with Crippen molar-refractivity contribution in [3.05, 3.63) is 59.4 Å². The molecule has 0 aliphatic carbocycles. The topological polar surface area (TPSA) is 113 Å². The lowest BCUT2D eigenvalue weighted by atomic mass is 9.90. The molecule has 0 radical (unpaired) electrons. The van der Waals surface area contributed by atoms with Crippen molar-refractivity contribution in [2.45, 2.75) is 46.1 Å². The summed E-state index contributed by atoms with van der Waals surface area (Å²) in [6.07, 6.45) is 1.51. The molecule has 4 rings (SSSR count). The molecule has 37 heavy (non-hydrogen) atoms. The van der Waals surface area contributed by atoms with Crippen LogP contribution in [0.1, 0.15) is 49.3 Å². The Morgan fingerprint density at radius 2 is 1.92 bits per heavy atom. The van der Waals surface area contributed by atoms with E-state index < -0.39 is 5.41 Å². The highest BCUT2D eigenvalue weighted by molar-refractivity contribution is 6.04. The van der Waals surface area contributed by atoms with Gasteiger partial charge in [-0.15, -0.1) is 10.2 Å². The first kappa shape index (κ1) is 26.0. The Hall–Kier alpha value is -4.03. The SMILES string of the molecule is Cc1ccc(NC(=O)c2ccnc(C(C)(C)C#N)c2)cc1-c1cc(N2CCOCC2)c(OC(C)C)nn1. The molecule has 0 saturated carbocycles. The minimum atomic E-state index is -0.796. The largest absolute Gasteiger partial charge is 0.472 e. The summed E-state index contributed by atoms with van der Waals surface area (Å²) in [5.41, 5.74) is 4.23. The van der Waals surface area contributed by atoms with Crippen molar-refractivity contribution in [3.63, 3.8) is 0 Å². The van der Waals surface area contributed by atoms with E-state index in [-0.39, 0.29) is 12.0 Å². The van der Waals surface area contributed by atoms with Gasteiger partial charge in [0, 0.05) is 36.1 Å². The van der Waals surface area contributed by atoms with Gasteiger partial charge in [0.1, 0.15) is 5.69 Å². The zero-order chi connectivity index (χ0) is 26.6. The fourth-order valence-electron chi connectivity index (χ4n) is 3.99. The second-order valence-electron chi connectivity index (χ2n) is 9.84. The average Bonchev–Trinajstić information content (AvgIpc) is 2.90. The van der Waals surface area contributed by atoms with E-state index in [1.807, 2.05) is 45.0 Å². The first-order valence-electron chi connectivity index (χ1n) is 12.3. The van der Waals surface area contributed by atoms with E-state index in [0.717, 1.165) is 29.9 Å². The zero-order valence-electron chi connectivity index (χ0n) is 21.9. The number of ether oxygens (including phenoxy) is 2. The standard InChI is InChI=1S/C28H32N6O3/c1-18(2)37-27-24(34-10-12-36-13-11-34)16-23(32-33-27)22-15-21(7-6-19(22)3)31-26(35)20-8-9-30-25(14-20)28(4,5)17-29/h6-9,14-16,18H,10-13H2,1-5H3,(H,31,35). The van der Waals surface area contributed by atoms with Gasteiger partial charge in [0.05, 0.1) is 42.2 Å². The summed E-state index contributed by atoms with van der Waals surface area (Å²) in [6, 6.07) is 13.2. The lowest BCUT2D eigenvalue weighted by molar-refractivity contribution is 0.102. The fourth-order valence-corrected chi connectivity index (χ4v) is 3.99. The van der Waals surface area contributed by atoms with E-state index in [4.69, 9.17) is 9.47 Å². The third kappa shape index (κ3) is 6.04. The molecule has 1 aliphatic heterocycles. The molecule has 3 heterocycles. The molecular formula is C28H32N6O3. The number of carbonyl (C=O) groups is 1. The van der Waals surface area contributed by atoms with Gasteiger partial charge in [0.25, 0.3) is 11.8 Å². The van der Waals surface area contributed by atoms with Crippen molar-refractivity contribution >= 4 is 17.3 Å². The molecule has 0 bridgehead atoms. The third-order valence-corrected chi connectivity index (χ3v) is 6.15. The molecule has 0 spiro atoms. The van der Waals surface area contributed by atoms with Gasteiger partial charge in [-0.3, -0.25) is 9.78 Å². The minimum Gasteiger partial charge on any atom is -0.472 e. The van der Waals surface area contributed by atoms with E-state index in [1.54, 1.807) is 32.2 Å². The van der Waals surface area contributed by atoms with Crippen molar-refractivity contribution in [2.24, 2.45) is 0 Å². The molecule has 0 atom stereocenters. The number of benzene rings is 1. The second-order valence-corrected chi connectivity index (χ2v) is 9.84. The molecule has 1 amide bonds. The van der Waals surface area contributed by atoms with Crippen LogP contribution in [0.2, 0.25) is 0 Å². The molecule has 1 saturated heterocycles. The Morgan fingerprint density at radius 1 is 1.16 bits per heavy atom. The van der Waals surface area contributed by atoms with Crippen LogP contribution in [0.15, 0.2) is 42.6 Å². The maximum atomic E-state index is 13.0. The molecule has 9 heteroatoms. The summed E-state index contributed by atoms with van der Waals surface area (Å²) < 4.78 is 11.5. The lowest BCUT2D eigenvalue weighted by Gasteiger charge is -2.30. The summed E-state index contributed by atoms with van der Waals surface area (Å²) in [6.45, 7) is 12.2. The first-order valence-corrected chi connectivity index (χ1v) is 12.3. The van der Waals surface area contributed by atoms with Gasteiger partial charge < -0.3 is 19.7 Å². The normalized spacial score (nSPS) is 13.8. The van der Waals surface area contributed by atoms with Gasteiger partial charge in [-0.1, -0.05) is 6.07 Å². The quantitative estimate of drug-likeness (QED) is 0.504. The van der Waals surface area contributed by atoms with Crippen molar-refractivity contribution in [2.75, 3.05) is 36.5 Å². The number of pyridine rings is 1. The number of aryl methyl sites for hydroxylation is 1. The van der Waals surface area contributed by atoms with Gasteiger partial charge in [0.15, 0.2) is 0 Å². The van der Waals surface area contributed by atoms with Gasteiger partial charge in [-0.25, -0.2) is 0 Å². The molecule has 2 aromatic heterocycles. The molecule has 3 aromatic rings. The highest BCUT2D eigenvalue weighted by Crippen LogP contribution is 2.33. The third-order valence-electron chi connectivity index (χ3n) is 6.15. The molecule has 1 aliphatic rings. The maximum absolute atomic E-state index is 13.0. The molecule has 1 aromatic carbocycles. The Kier molecular flexibility index (Phi) is 7.69. The van der Waals surface area contributed by atoms with E-state index in [9.17, 15) is 10.1 Å². The molecule has 192 valence electrons. The Morgan fingerprint density at radius 3 is 2.62 bits per heavy atom. The number of hydrogen-bond acceptors (Lipinski definition) is 8. The molecular weight excluding hydrogens is 468 g/mol. The van der Waals surface area contributed by atoms with Crippen LogP contribution >= 0.6 is 0 Å². The van der Waals surface area contributed by atoms with Crippen molar-refractivity contribution in [1.29, 1.82) is 5.26 Å². The number of hydrogen-bond donors (Lipinski definition) is 1. The Balaban J connectivity index is 1.64. The van der Waals surface area contributed by atoms with Crippen molar-refractivity contribution in [3.8, 4) is 23.2 Å². The van der Waals surface area contributed by atoms with Crippen LogP contribution in [-0.4, -0.2) is 53.5 Å². The highest BCUT2D eigenvalue weighted by atomic mass is 16.5. The number of rotatable bonds is 7. The number of aromatic nitrogens is 3. The van der Waals surface area contributed by atoms with Crippen LogP contribution in [0, 0.1) is 18.3 Å². The van der Waals surface area contributed by atoms with Crippen LogP contribution < -0.4 is 15.0 Å². The zero-order valence-corrected chi connectivity index (χ0v) is 21.9. The Bertz CT molecular complexity index is 1330. The highest BCUT2D eigenvalue weighted by Gasteiger charge is 2.23. The van der Waals surface area contributed by atoms with Crippen molar-refractivity contribution < 1.29 is 14.3 Å². The summed E-state index contributed by atoms with van der Waals surface area (Å²) in [7, 11) is 0. The van der Waals surface area contributed by atoms with Crippen LogP contribution in [0.25, 0.3) is 11.3 Å². The number of amides is 1. The van der Waals surface area contributed by atoms with Crippen LogP contribution in [0.4, 0.5) is 11.4 Å². The minimum absolute atomic E-state index is 0.0346. The fraction of sp³-hybridized carbons (Fsp3) is 0.393. The van der Waals surface area contributed by atoms with E-state index in [0.29, 0.717) is 41.7 Å². The monoisotopic (exact) mass is 500 g/mol. The summed E-state index contributed by atoms with van der Waals surface area (Å²) >= 11 is 0. The van der Waals surface area contributed by atoms with Crippen LogP contribution in [0.3, 0.4) is 0 Å². The lowest BCUT2D eigenvalue weighted by Crippen LogP contribution is -2.36. The van der Waals surface area contributed by atoms with Gasteiger partial charge >= 0.3 is 0 Å². The predicted octanol–water partition coefficient (Wildman–Crippen LogP) is 4.52. The smallest absolute Gasteiger partial charge is 0.257 e. The number of nitrogens with one attached hydrogen (secondary N) is 1. The van der Waals surface area contributed by atoms with E-state index in [2.05, 4.69) is 31.5 Å². The summed E-state index contributed by atoms with van der Waals surface area (Å²) in [5.74, 6) is 0.213. The van der Waals surface area contributed by atoms with Crippen LogP contribution in [-0.2, 0) is 10.2 Å². The predicted molar refractivity (Wildman–Crippen MR) is 142 cm³/mol. The maximum Gasteiger partial charge on any atom is 0.257 e. The average molecular weight is 501 g/mol. The van der Waals surface area contributed by atoms with E-state index in [1.165, 1.54) is 0 Å². The van der Waals surface area contributed by atoms with Crippen LogP contribution in [0.5, 0.6) is 5.88 Å².